The van der Waals surface area contributed by atoms with Crippen LogP contribution in [0.15, 0.2) is 35.7 Å². The zero-order valence-corrected chi connectivity index (χ0v) is 11.1. The summed E-state index contributed by atoms with van der Waals surface area (Å²) in [5.41, 5.74) is 1.87. The van der Waals surface area contributed by atoms with Crippen molar-refractivity contribution in [2.45, 2.75) is 13.5 Å². The third-order valence-electron chi connectivity index (χ3n) is 2.37. The molecule has 0 radical (unpaired) electrons. The summed E-state index contributed by atoms with van der Waals surface area (Å²) in [7, 11) is 1.66. The van der Waals surface area contributed by atoms with Gasteiger partial charge in [-0.15, -0.1) is 11.3 Å². The molecule has 0 saturated carbocycles. The van der Waals surface area contributed by atoms with Gasteiger partial charge < -0.3 is 4.74 Å². The summed E-state index contributed by atoms with van der Waals surface area (Å²) >= 11 is 1.42. The van der Waals surface area contributed by atoms with Gasteiger partial charge in [0.25, 0.3) is 0 Å². The van der Waals surface area contributed by atoms with Crippen LogP contribution < -0.4 is 4.90 Å². The average Bonchev–Trinajstić information content (AvgIpc) is 2.83. The quantitative estimate of drug-likeness (QED) is 0.853. The molecule has 0 unspecified atom stereocenters. The third kappa shape index (κ3) is 3.07. The predicted molar refractivity (Wildman–Crippen MR) is 71.9 cm³/mol. The summed E-state index contributed by atoms with van der Waals surface area (Å²) in [4.78, 5) is 17.4. The Morgan fingerprint density at radius 2 is 2.11 bits per heavy atom. The number of aromatic nitrogens is 1. The molecule has 5 heteroatoms. The second kappa shape index (κ2) is 5.64. The van der Waals surface area contributed by atoms with E-state index < -0.39 is 6.09 Å². The molecule has 4 nitrogen and oxygen atoms in total. The number of ether oxygens (including phenoxy) is 1. The van der Waals surface area contributed by atoms with E-state index in [9.17, 15) is 4.79 Å². The number of hydrogen-bond donors (Lipinski definition) is 0. The van der Waals surface area contributed by atoms with E-state index in [2.05, 4.69) is 4.98 Å². The molecule has 0 saturated heterocycles. The van der Waals surface area contributed by atoms with Crippen LogP contribution in [0.5, 0.6) is 0 Å². The number of anilines is 1. The molecular formula is C13H14N2O2S. The van der Waals surface area contributed by atoms with Crippen LogP contribution in [0.25, 0.3) is 0 Å². The van der Waals surface area contributed by atoms with Gasteiger partial charge in [0.15, 0.2) is 5.13 Å². The van der Waals surface area contributed by atoms with Gasteiger partial charge in [0, 0.05) is 12.4 Å². The Morgan fingerprint density at radius 1 is 1.39 bits per heavy atom. The van der Waals surface area contributed by atoms with Gasteiger partial charge in [-0.2, -0.15) is 0 Å². The summed E-state index contributed by atoms with van der Waals surface area (Å²) in [5, 5.41) is 2.54. The molecule has 0 N–H and O–H groups in total. The lowest BCUT2D eigenvalue weighted by Crippen LogP contribution is -2.26. The van der Waals surface area contributed by atoms with Crippen LogP contribution in [0.3, 0.4) is 0 Å². The molecular weight excluding hydrogens is 248 g/mol. The van der Waals surface area contributed by atoms with Crippen molar-refractivity contribution < 1.29 is 9.53 Å². The maximum absolute atomic E-state index is 11.8. The second-order valence-electron chi connectivity index (χ2n) is 3.87. The van der Waals surface area contributed by atoms with Gasteiger partial charge in [-0.05, 0) is 12.5 Å². The molecule has 0 aliphatic heterocycles. The fraction of sp³-hybridized carbons (Fsp3) is 0.231. The molecule has 0 atom stereocenters. The minimum absolute atomic E-state index is 0.272. The van der Waals surface area contributed by atoms with Crippen molar-refractivity contribution in [1.29, 1.82) is 0 Å². The monoisotopic (exact) mass is 262 g/mol. The first kappa shape index (κ1) is 12.6. The number of carbonyl (C=O) groups is 1. The number of benzene rings is 1. The van der Waals surface area contributed by atoms with Gasteiger partial charge >= 0.3 is 6.09 Å². The van der Waals surface area contributed by atoms with Crippen LogP contribution in [-0.4, -0.2) is 18.1 Å². The number of thiazole rings is 1. The van der Waals surface area contributed by atoms with Crippen molar-refractivity contribution in [2.24, 2.45) is 0 Å². The maximum atomic E-state index is 11.8. The number of carbonyl (C=O) groups excluding carboxylic acids is 1. The number of amides is 1. The minimum Gasteiger partial charge on any atom is -0.444 e. The zero-order chi connectivity index (χ0) is 13.0. The largest absolute Gasteiger partial charge is 0.444 e. The molecule has 2 aromatic rings. The van der Waals surface area contributed by atoms with E-state index in [1.807, 2.05) is 42.6 Å². The van der Waals surface area contributed by atoms with Crippen molar-refractivity contribution in [3.8, 4) is 0 Å². The molecule has 0 aliphatic carbocycles. The Hall–Kier alpha value is -1.88. The normalized spacial score (nSPS) is 10.1. The van der Waals surface area contributed by atoms with Gasteiger partial charge in [0.1, 0.15) is 6.61 Å². The standard InChI is InChI=1S/C13H14N2O2S/c1-10-9-18-12(14-10)15(2)13(16)17-8-11-6-4-3-5-7-11/h3-7,9H,8H2,1-2H3. The molecule has 0 fully saturated rings. The molecule has 0 aliphatic rings. The van der Waals surface area contributed by atoms with E-state index in [1.54, 1.807) is 7.05 Å². The minimum atomic E-state index is -0.395. The van der Waals surface area contributed by atoms with Gasteiger partial charge in [-0.3, -0.25) is 4.90 Å². The highest BCUT2D eigenvalue weighted by atomic mass is 32.1. The fourth-order valence-corrected chi connectivity index (χ4v) is 2.15. The van der Waals surface area contributed by atoms with Crippen LogP contribution in [0.2, 0.25) is 0 Å². The third-order valence-corrected chi connectivity index (χ3v) is 3.41. The van der Waals surface area contributed by atoms with Crippen molar-refractivity contribution in [1.82, 2.24) is 4.98 Å². The summed E-state index contributed by atoms with van der Waals surface area (Å²) in [5.74, 6) is 0. The summed E-state index contributed by atoms with van der Waals surface area (Å²) in [6.45, 7) is 2.16. The van der Waals surface area contributed by atoms with E-state index in [0.29, 0.717) is 5.13 Å². The molecule has 18 heavy (non-hydrogen) atoms. The van der Waals surface area contributed by atoms with Crippen LogP contribution in [0.4, 0.5) is 9.93 Å². The summed E-state index contributed by atoms with van der Waals surface area (Å²) in [6, 6.07) is 9.59. The highest BCUT2D eigenvalue weighted by molar-refractivity contribution is 7.13. The Balaban J connectivity index is 1.92. The first-order chi connectivity index (χ1) is 8.66. The highest BCUT2D eigenvalue weighted by Crippen LogP contribution is 2.19. The Bertz CT molecular complexity index is 525. The molecule has 1 aromatic heterocycles. The molecule has 1 amide bonds. The number of hydrogen-bond acceptors (Lipinski definition) is 4. The van der Waals surface area contributed by atoms with Crippen molar-refractivity contribution in [3.05, 3.63) is 47.0 Å². The number of nitrogens with zero attached hydrogens (tertiary/aromatic N) is 2. The smallest absolute Gasteiger partial charge is 0.416 e. The van der Waals surface area contributed by atoms with Crippen LogP contribution in [0, 0.1) is 6.92 Å². The number of rotatable bonds is 3. The van der Waals surface area contributed by atoms with Crippen LogP contribution in [-0.2, 0) is 11.3 Å². The molecule has 1 aromatic carbocycles. The van der Waals surface area contributed by atoms with E-state index in [0.717, 1.165) is 11.3 Å². The first-order valence-electron chi connectivity index (χ1n) is 5.53. The van der Waals surface area contributed by atoms with Gasteiger partial charge in [0.2, 0.25) is 0 Å². The van der Waals surface area contributed by atoms with E-state index >= 15 is 0 Å². The van der Waals surface area contributed by atoms with E-state index in [-0.39, 0.29) is 6.61 Å². The maximum Gasteiger partial charge on any atom is 0.416 e. The Kier molecular flexibility index (Phi) is 3.94. The molecule has 94 valence electrons. The van der Waals surface area contributed by atoms with Gasteiger partial charge in [-0.25, -0.2) is 9.78 Å². The van der Waals surface area contributed by atoms with Gasteiger partial charge in [-0.1, -0.05) is 30.3 Å². The first-order valence-corrected chi connectivity index (χ1v) is 6.41. The van der Waals surface area contributed by atoms with E-state index in [1.165, 1.54) is 16.2 Å². The summed E-state index contributed by atoms with van der Waals surface area (Å²) in [6.07, 6.45) is -0.395. The predicted octanol–water partition coefficient (Wildman–Crippen LogP) is 3.22. The topological polar surface area (TPSA) is 42.4 Å². The molecule has 1 heterocycles. The Morgan fingerprint density at radius 3 is 2.72 bits per heavy atom. The highest BCUT2D eigenvalue weighted by Gasteiger charge is 2.15. The molecule has 2 rings (SSSR count). The Labute approximate surface area is 110 Å². The van der Waals surface area contributed by atoms with Gasteiger partial charge in [0.05, 0.1) is 5.69 Å². The van der Waals surface area contributed by atoms with Crippen LogP contribution >= 0.6 is 11.3 Å². The lowest BCUT2D eigenvalue weighted by molar-refractivity contribution is 0.148. The van der Waals surface area contributed by atoms with Crippen molar-refractivity contribution in [2.75, 3.05) is 11.9 Å². The zero-order valence-electron chi connectivity index (χ0n) is 10.3. The fourth-order valence-electron chi connectivity index (χ4n) is 1.39. The lowest BCUT2D eigenvalue weighted by Gasteiger charge is -2.13. The SMILES string of the molecule is Cc1csc(N(C)C(=O)OCc2ccccc2)n1. The van der Waals surface area contributed by atoms with Crippen molar-refractivity contribution in [3.63, 3.8) is 0 Å². The molecule has 0 spiro atoms. The summed E-state index contributed by atoms with van der Waals surface area (Å²) < 4.78 is 5.21. The second-order valence-corrected chi connectivity index (χ2v) is 4.71. The van der Waals surface area contributed by atoms with E-state index in [4.69, 9.17) is 4.74 Å². The van der Waals surface area contributed by atoms with Crippen LogP contribution in [0.1, 0.15) is 11.3 Å². The lowest BCUT2D eigenvalue weighted by atomic mass is 10.2. The number of aryl methyl sites for hydroxylation is 1. The molecule has 0 bridgehead atoms. The van der Waals surface area contributed by atoms with Crippen molar-refractivity contribution >= 4 is 22.6 Å². The average molecular weight is 262 g/mol.